The highest BCUT2D eigenvalue weighted by molar-refractivity contribution is 6.62. The van der Waals surface area contributed by atoms with Gasteiger partial charge in [0, 0.05) is 42.4 Å². The van der Waals surface area contributed by atoms with E-state index in [0.29, 0.717) is 22.2 Å². The van der Waals surface area contributed by atoms with E-state index in [1.807, 2.05) is 20.8 Å². The number of aromatic nitrogens is 2. The summed E-state index contributed by atoms with van der Waals surface area (Å²) in [5.74, 6) is -0.126. The average Bonchev–Trinajstić information content (AvgIpc) is 2.79. The highest BCUT2D eigenvalue weighted by atomic mass is 35.5. The monoisotopic (exact) mass is 392 g/mol. The van der Waals surface area contributed by atoms with Crippen LogP contribution in [0.15, 0.2) is 30.7 Å². The number of rotatable bonds is 4. The lowest BCUT2D eigenvalue weighted by molar-refractivity contribution is -0.00880. The van der Waals surface area contributed by atoms with Gasteiger partial charge in [-0.05, 0) is 38.5 Å². The molecule has 0 spiro atoms. The Hall–Kier alpha value is -1.47. The third-order valence-electron chi connectivity index (χ3n) is 4.86. The molecule has 0 aromatic carbocycles. The largest absolute Gasteiger partial charge is 0.496 e. The molecule has 3 heterocycles. The van der Waals surface area contributed by atoms with Crippen LogP contribution in [0.4, 0.5) is 0 Å². The van der Waals surface area contributed by atoms with Gasteiger partial charge in [0.2, 0.25) is 0 Å². The molecule has 2 aromatic rings. The number of carbonyl (C=O) groups is 1. The van der Waals surface area contributed by atoms with Crippen molar-refractivity contribution in [3.8, 4) is 0 Å². The van der Waals surface area contributed by atoms with E-state index in [-0.39, 0.29) is 5.78 Å². The standard InChI is InChI=1S/C18H19BCl2N2O3/c1-11(24)16-6-15(21)12(8-23-16)7-18(4)17(2,3)25-19(26-18)13-5-14(20)10-22-9-13/h5-6,8-10H,7H2,1-4H3. The van der Waals surface area contributed by atoms with E-state index in [1.54, 1.807) is 30.7 Å². The molecule has 136 valence electrons. The fourth-order valence-electron chi connectivity index (χ4n) is 2.89. The van der Waals surface area contributed by atoms with Gasteiger partial charge in [-0.15, -0.1) is 0 Å². The molecule has 0 radical (unpaired) electrons. The molecule has 0 aliphatic carbocycles. The fourth-order valence-corrected chi connectivity index (χ4v) is 3.29. The Kier molecular flexibility index (Phi) is 5.14. The predicted molar refractivity (Wildman–Crippen MR) is 102 cm³/mol. The minimum absolute atomic E-state index is 0.126. The minimum atomic E-state index is -0.664. The zero-order valence-electron chi connectivity index (χ0n) is 15.0. The third-order valence-corrected chi connectivity index (χ3v) is 5.42. The van der Waals surface area contributed by atoms with E-state index in [4.69, 9.17) is 32.5 Å². The molecule has 2 aromatic heterocycles. The number of carbonyl (C=O) groups excluding carboxylic acids is 1. The van der Waals surface area contributed by atoms with E-state index >= 15 is 0 Å². The first-order valence-electron chi connectivity index (χ1n) is 8.23. The van der Waals surface area contributed by atoms with Crippen LogP contribution >= 0.6 is 23.2 Å². The Morgan fingerprint density at radius 2 is 1.88 bits per heavy atom. The fraction of sp³-hybridized carbons (Fsp3) is 0.389. The van der Waals surface area contributed by atoms with Crippen LogP contribution in [0.25, 0.3) is 0 Å². The maximum absolute atomic E-state index is 11.5. The van der Waals surface area contributed by atoms with Crippen molar-refractivity contribution in [2.24, 2.45) is 0 Å². The molecule has 0 saturated carbocycles. The van der Waals surface area contributed by atoms with Gasteiger partial charge in [-0.1, -0.05) is 23.2 Å². The lowest BCUT2D eigenvalue weighted by Gasteiger charge is -2.36. The van der Waals surface area contributed by atoms with Crippen LogP contribution in [0.5, 0.6) is 0 Å². The Morgan fingerprint density at radius 3 is 2.50 bits per heavy atom. The van der Waals surface area contributed by atoms with Gasteiger partial charge in [-0.3, -0.25) is 14.8 Å². The Morgan fingerprint density at radius 1 is 1.15 bits per heavy atom. The van der Waals surface area contributed by atoms with Gasteiger partial charge in [-0.25, -0.2) is 0 Å². The van der Waals surface area contributed by atoms with Crippen molar-refractivity contribution in [1.82, 2.24) is 9.97 Å². The molecule has 0 bridgehead atoms. The first kappa shape index (κ1) is 19.3. The smallest absolute Gasteiger partial charge is 0.399 e. The second-order valence-corrected chi connectivity index (χ2v) is 7.98. The summed E-state index contributed by atoms with van der Waals surface area (Å²) in [6.07, 6.45) is 5.34. The molecule has 1 aliphatic heterocycles. The van der Waals surface area contributed by atoms with Crippen molar-refractivity contribution in [2.45, 2.75) is 45.3 Å². The summed E-state index contributed by atoms with van der Waals surface area (Å²) in [6.45, 7) is 7.37. The van der Waals surface area contributed by atoms with Crippen molar-refractivity contribution in [3.63, 3.8) is 0 Å². The molecule has 1 unspecified atom stereocenters. The molecule has 3 rings (SSSR count). The molecule has 0 N–H and O–H groups in total. The Bertz CT molecular complexity index is 862. The first-order chi connectivity index (χ1) is 12.1. The van der Waals surface area contributed by atoms with Gasteiger partial charge in [0.05, 0.1) is 16.2 Å². The quantitative estimate of drug-likeness (QED) is 0.588. The van der Waals surface area contributed by atoms with Gasteiger partial charge in [-0.2, -0.15) is 0 Å². The van der Waals surface area contributed by atoms with Gasteiger partial charge in [0.1, 0.15) is 5.69 Å². The zero-order chi connectivity index (χ0) is 19.1. The van der Waals surface area contributed by atoms with E-state index < -0.39 is 18.3 Å². The number of nitrogens with zero attached hydrogens (tertiary/aromatic N) is 2. The molecule has 1 fully saturated rings. The molecule has 0 amide bonds. The average molecular weight is 393 g/mol. The maximum atomic E-state index is 11.5. The second kappa shape index (κ2) is 6.93. The van der Waals surface area contributed by atoms with Crippen LogP contribution in [0.2, 0.25) is 10.0 Å². The number of hydrogen-bond donors (Lipinski definition) is 0. The second-order valence-electron chi connectivity index (χ2n) is 7.14. The van der Waals surface area contributed by atoms with Gasteiger partial charge in [0.25, 0.3) is 0 Å². The number of ketones is 1. The summed E-state index contributed by atoms with van der Waals surface area (Å²) < 4.78 is 12.4. The highest BCUT2D eigenvalue weighted by Crippen LogP contribution is 2.40. The molecule has 1 saturated heterocycles. The van der Waals surface area contributed by atoms with Crippen molar-refractivity contribution in [3.05, 3.63) is 52.0 Å². The van der Waals surface area contributed by atoms with Crippen LogP contribution in [0.3, 0.4) is 0 Å². The molecular weight excluding hydrogens is 374 g/mol. The molecular formula is C18H19BCl2N2O3. The van der Waals surface area contributed by atoms with Crippen LogP contribution in [0, 0.1) is 0 Å². The van der Waals surface area contributed by atoms with Crippen molar-refractivity contribution < 1.29 is 14.1 Å². The topological polar surface area (TPSA) is 61.3 Å². The third kappa shape index (κ3) is 3.65. The van der Waals surface area contributed by atoms with Crippen LogP contribution < -0.4 is 5.46 Å². The predicted octanol–water partition coefficient (Wildman–Crippen LogP) is 3.51. The number of pyridine rings is 2. The van der Waals surface area contributed by atoms with Crippen LogP contribution in [-0.2, 0) is 15.7 Å². The van der Waals surface area contributed by atoms with Crippen molar-refractivity contribution >= 4 is 41.6 Å². The van der Waals surface area contributed by atoms with Crippen molar-refractivity contribution in [1.29, 1.82) is 0 Å². The normalized spacial score (nSPS) is 21.8. The summed E-state index contributed by atoms with van der Waals surface area (Å²) in [4.78, 5) is 19.7. The summed E-state index contributed by atoms with van der Waals surface area (Å²) in [5, 5.41) is 1.01. The first-order valence-corrected chi connectivity index (χ1v) is 8.98. The van der Waals surface area contributed by atoms with Gasteiger partial charge in [0.15, 0.2) is 5.78 Å². The SMILES string of the molecule is CC(=O)c1cc(Cl)c(CC2(C)OB(c3cncc(Cl)c3)OC2(C)C)cn1. The zero-order valence-corrected chi connectivity index (χ0v) is 16.6. The summed E-state index contributed by atoms with van der Waals surface area (Å²) >= 11 is 12.4. The van der Waals surface area contributed by atoms with Crippen LogP contribution in [-0.4, -0.2) is 34.1 Å². The van der Waals surface area contributed by atoms with Gasteiger partial charge >= 0.3 is 7.12 Å². The number of hydrogen-bond acceptors (Lipinski definition) is 5. The molecule has 8 heteroatoms. The summed E-state index contributed by atoms with van der Waals surface area (Å²) in [6, 6.07) is 3.36. The van der Waals surface area contributed by atoms with Crippen LogP contribution in [0.1, 0.15) is 43.7 Å². The molecule has 26 heavy (non-hydrogen) atoms. The van der Waals surface area contributed by atoms with E-state index in [1.165, 1.54) is 6.92 Å². The Balaban J connectivity index is 1.88. The minimum Gasteiger partial charge on any atom is -0.399 e. The number of halogens is 2. The number of Topliss-reactive ketones (excluding diaryl/α,β-unsaturated/α-hetero) is 1. The van der Waals surface area contributed by atoms with E-state index in [2.05, 4.69) is 9.97 Å². The van der Waals surface area contributed by atoms with Crippen molar-refractivity contribution in [2.75, 3.05) is 0 Å². The lowest BCUT2D eigenvalue weighted by Crippen LogP contribution is -2.46. The summed E-state index contributed by atoms with van der Waals surface area (Å²) in [7, 11) is -0.579. The lowest BCUT2D eigenvalue weighted by atomic mass is 9.80. The molecule has 1 aliphatic rings. The van der Waals surface area contributed by atoms with E-state index in [0.717, 1.165) is 11.0 Å². The van der Waals surface area contributed by atoms with Gasteiger partial charge < -0.3 is 9.31 Å². The van der Waals surface area contributed by atoms with E-state index in [9.17, 15) is 4.79 Å². The summed E-state index contributed by atoms with van der Waals surface area (Å²) in [5.41, 5.74) is 0.631. The molecule has 5 nitrogen and oxygen atoms in total. The maximum Gasteiger partial charge on any atom is 0.496 e. The highest BCUT2D eigenvalue weighted by Gasteiger charge is 2.54. The molecule has 1 atom stereocenters. The Labute approximate surface area is 163 Å².